The maximum atomic E-state index is 5.59. The molecule has 1 atom stereocenters. The molecule has 0 aliphatic carbocycles. The van der Waals surface area contributed by atoms with Crippen LogP contribution in [-0.2, 0) is 0 Å². The second-order valence-electron chi connectivity index (χ2n) is 5.38. The molecular weight excluding hydrogens is 270 g/mol. The van der Waals surface area contributed by atoms with Crippen LogP contribution in [0.15, 0.2) is 60.9 Å². The molecule has 0 saturated carbocycles. The molecular formula is C19H25N3. The van der Waals surface area contributed by atoms with Crippen molar-refractivity contribution in [3.8, 4) is 11.1 Å². The number of hydrogen-bond donors (Lipinski definition) is 2. The maximum Gasteiger partial charge on any atom is 0.0612 e. The highest BCUT2D eigenvalue weighted by Gasteiger charge is 2.14. The summed E-state index contributed by atoms with van der Waals surface area (Å²) in [4.78, 5) is 0. The van der Waals surface area contributed by atoms with E-state index in [1.165, 1.54) is 16.7 Å². The van der Waals surface area contributed by atoms with Crippen molar-refractivity contribution in [1.82, 2.24) is 5.43 Å². The van der Waals surface area contributed by atoms with Gasteiger partial charge < -0.3 is 5.73 Å². The Bertz CT molecular complexity index is 620. The number of hydrazine groups is 1. The monoisotopic (exact) mass is 295 g/mol. The van der Waals surface area contributed by atoms with E-state index < -0.39 is 0 Å². The largest absolute Gasteiger partial charge is 0.403 e. The van der Waals surface area contributed by atoms with Gasteiger partial charge in [-0.05, 0) is 35.1 Å². The average molecular weight is 295 g/mol. The molecule has 1 unspecified atom stereocenters. The average Bonchev–Trinajstić information content (AvgIpc) is 2.59. The molecule has 3 heteroatoms. The SMILES string of the molecule is CCC(C)c1ccc(-c2ccccc2)cc1N(/C=C\N)NC. The lowest BCUT2D eigenvalue weighted by atomic mass is 9.93. The Morgan fingerprint density at radius 2 is 1.86 bits per heavy atom. The van der Waals surface area contributed by atoms with Crippen LogP contribution in [-0.4, -0.2) is 7.05 Å². The Labute approximate surface area is 133 Å². The summed E-state index contributed by atoms with van der Waals surface area (Å²) in [6.45, 7) is 4.46. The summed E-state index contributed by atoms with van der Waals surface area (Å²) >= 11 is 0. The Hall–Kier alpha value is -2.26. The number of benzene rings is 2. The predicted molar refractivity (Wildman–Crippen MR) is 95.5 cm³/mol. The first-order valence-corrected chi connectivity index (χ1v) is 7.75. The van der Waals surface area contributed by atoms with Gasteiger partial charge in [-0.3, -0.25) is 5.01 Å². The van der Waals surface area contributed by atoms with Crippen molar-refractivity contribution < 1.29 is 0 Å². The van der Waals surface area contributed by atoms with Crippen molar-refractivity contribution in [2.24, 2.45) is 5.73 Å². The minimum atomic E-state index is 0.488. The van der Waals surface area contributed by atoms with Crippen molar-refractivity contribution in [3.05, 3.63) is 66.5 Å². The predicted octanol–water partition coefficient (Wildman–Crippen LogP) is 4.24. The zero-order valence-corrected chi connectivity index (χ0v) is 13.6. The van der Waals surface area contributed by atoms with Gasteiger partial charge in [0.15, 0.2) is 0 Å². The first kappa shape index (κ1) is 16.1. The third kappa shape index (κ3) is 3.49. The van der Waals surface area contributed by atoms with Gasteiger partial charge in [0.25, 0.3) is 0 Å². The Morgan fingerprint density at radius 3 is 2.45 bits per heavy atom. The summed E-state index contributed by atoms with van der Waals surface area (Å²) in [5, 5.41) is 1.97. The van der Waals surface area contributed by atoms with Crippen LogP contribution in [0.2, 0.25) is 0 Å². The molecule has 2 aromatic rings. The lowest BCUT2D eigenvalue weighted by molar-refractivity contribution is 0.721. The molecule has 0 aliphatic rings. The summed E-state index contributed by atoms with van der Waals surface area (Å²) in [6.07, 6.45) is 4.49. The number of hydrogen-bond acceptors (Lipinski definition) is 3. The van der Waals surface area contributed by atoms with Crippen molar-refractivity contribution in [3.63, 3.8) is 0 Å². The molecule has 22 heavy (non-hydrogen) atoms. The maximum absolute atomic E-state index is 5.59. The number of rotatable bonds is 6. The fourth-order valence-corrected chi connectivity index (χ4v) is 2.56. The van der Waals surface area contributed by atoms with Crippen LogP contribution >= 0.6 is 0 Å². The fourth-order valence-electron chi connectivity index (χ4n) is 2.56. The Morgan fingerprint density at radius 1 is 1.14 bits per heavy atom. The van der Waals surface area contributed by atoms with Crippen LogP contribution in [0.5, 0.6) is 0 Å². The van der Waals surface area contributed by atoms with Crippen LogP contribution < -0.4 is 16.2 Å². The summed E-state index contributed by atoms with van der Waals surface area (Å²) in [5.74, 6) is 0.488. The summed E-state index contributed by atoms with van der Waals surface area (Å²) in [6, 6.07) is 17.1. The lowest BCUT2D eigenvalue weighted by Crippen LogP contribution is -2.30. The van der Waals surface area contributed by atoms with E-state index in [4.69, 9.17) is 5.73 Å². The van der Waals surface area contributed by atoms with Crippen LogP contribution in [0, 0.1) is 0 Å². The van der Waals surface area contributed by atoms with Gasteiger partial charge in [-0.2, -0.15) is 0 Å². The van der Waals surface area contributed by atoms with Crippen LogP contribution in [0.3, 0.4) is 0 Å². The van der Waals surface area contributed by atoms with Gasteiger partial charge in [0.2, 0.25) is 0 Å². The zero-order chi connectivity index (χ0) is 15.9. The van der Waals surface area contributed by atoms with E-state index in [1.807, 2.05) is 24.3 Å². The molecule has 2 aromatic carbocycles. The van der Waals surface area contributed by atoms with Crippen LogP contribution in [0.4, 0.5) is 5.69 Å². The molecule has 0 aromatic heterocycles. The van der Waals surface area contributed by atoms with E-state index in [9.17, 15) is 0 Å². The smallest absolute Gasteiger partial charge is 0.0612 e. The number of nitrogens with zero attached hydrogens (tertiary/aromatic N) is 1. The second-order valence-corrected chi connectivity index (χ2v) is 5.38. The molecule has 3 nitrogen and oxygen atoms in total. The van der Waals surface area contributed by atoms with Gasteiger partial charge >= 0.3 is 0 Å². The minimum absolute atomic E-state index is 0.488. The van der Waals surface area contributed by atoms with Gasteiger partial charge in [-0.1, -0.05) is 56.3 Å². The van der Waals surface area contributed by atoms with E-state index >= 15 is 0 Å². The number of nitrogens with two attached hydrogens (primary N) is 1. The fraction of sp³-hybridized carbons (Fsp3) is 0.263. The summed E-state index contributed by atoms with van der Waals surface area (Å²) < 4.78 is 0. The van der Waals surface area contributed by atoms with E-state index in [2.05, 4.69) is 61.7 Å². The summed E-state index contributed by atoms with van der Waals surface area (Å²) in [7, 11) is 1.90. The topological polar surface area (TPSA) is 41.3 Å². The van der Waals surface area contributed by atoms with Crippen molar-refractivity contribution in [1.29, 1.82) is 0 Å². The van der Waals surface area contributed by atoms with Crippen molar-refractivity contribution in [2.45, 2.75) is 26.2 Å². The molecule has 0 bridgehead atoms. The van der Waals surface area contributed by atoms with E-state index in [0.717, 1.165) is 12.1 Å². The van der Waals surface area contributed by atoms with Gasteiger partial charge in [0, 0.05) is 19.4 Å². The molecule has 3 N–H and O–H groups in total. The quantitative estimate of drug-likeness (QED) is 0.783. The van der Waals surface area contributed by atoms with Crippen molar-refractivity contribution in [2.75, 3.05) is 12.1 Å². The van der Waals surface area contributed by atoms with Gasteiger partial charge in [-0.25, -0.2) is 5.43 Å². The van der Waals surface area contributed by atoms with E-state index in [-0.39, 0.29) is 0 Å². The first-order chi connectivity index (χ1) is 10.7. The van der Waals surface area contributed by atoms with E-state index in [1.54, 1.807) is 6.20 Å². The van der Waals surface area contributed by atoms with Gasteiger partial charge in [0.1, 0.15) is 0 Å². The minimum Gasteiger partial charge on any atom is -0.403 e. The molecule has 0 fully saturated rings. The molecule has 0 spiro atoms. The molecule has 0 heterocycles. The highest BCUT2D eigenvalue weighted by molar-refractivity contribution is 5.71. The van der Waals surface area contributed by atoms with Crippen LogP contribution in [0.1, 0.15) is 31.7 Å². The Balaban J connectivity index is 2.54. The lowest BCUT2D eigenvalue weighted by Gasteiger charge is -2.25. The van der Waals surface area contributed by atoms with E-state index in [0.29, 0.717) is 5.92 Å². The highest BCUT2D eigenvalue weighted by Crippen LogP contribution is 2.33. The standard InChI is InChI=1S/C19H25N3/c1-4-15(2)18-11-10-17(16-8-6-5-7-9-16)14-19(18)22(21-3)13-12-20/h5-15,21H,4,20H2,1-3H3/b13-12-. The molecule has 0 amide bonds. The normalized spacial score (nSPS) is 12.5. The third-order valence-electron chi connectivity index (χ3n) is 4.02. The zero-order valence-electron chi connectivity index (χ0n) is 13.6. The van der Waals surface area contributed by atoms with Gasteiger partial charge in [-0.15, -0.1) is 0 Å². The molecule has 2 rings (SSSR count). The first-order valence-electron chi connectivity index (χ1n) is 7.75. The summed E-state index contributed by atoms with van der Waals surface area (Å²) in [5.41, 5.74) is 13.6. The number of anilines is 1. The van der Waals surface area contributed by atoms with Gasteiger partial charge in [0.05, 0.1) is 5.69 Å². The van der Waals surface area contributed by atoms with Crippen molar-refractivity contribution >= 4 is 5.69 Å². The second kappa shape index (κ2) is 7.66. The highest BCUT2D eigenvalue weighted by atomic mass is 15.5. The molecule has 116 valence electrons. The Kier molecular flexibility index (Phi) is 5.61. The molecule has 0 radical (unpaired) electrons. The molecule has 0 saturated heterocycles. The molecule has 0 aliphatic heterocycles. The number of nitrogens with one attached hydrogen (secondary N) is 1. The third-order valence-corrected chi connectivity index (χ3v) is 4.02. The van der Waals surface area contributed by atoms with Crippen LogP contribution in [0.25, 0.3) is 11.1 Å².